The summed E-state index contributed by atoms with van der Waals surface area (Å²) in [6.07, 6.45) is -0.597. The van der Waals surface area contributed by atoms with Crippen molar-refractivity contribution in [3.8, 4) is 17.5 Å². The minimum absolute atomic E-state index is 0.00323. The molecule has 1 unspecified atom stereocenters. The molecule has 2 atom stereocenters. The number of carbonyl (C=O) groups is 2. The average molecular weight is 480 g/mol. The predicted octanol–water partition coefficient (Wildman–Crippen LogP) is 3.00. The van der Waals surface area contributed by atoms with Crippen LogP contribution in [0.15, 0.2) is 24.3 Å². The molecule has 3 N–H and O–H groups in total. The van der Waals surface area contributed by atoms with Gasteiger partial charge < -0.3 is 25.4 Å². The monoisotopic (exact) mass is 479 g/mol. The van der Waals surface area contributed by atoms with E-state index >= 15 is 0 Å². The number of hydrogen-bond acceptors (Lipinski definition) is 7. The van der Waals surface area contributed by atoms with Crippen molar-refractivity contribution in [2.45, 2.75) is 38.8 Å². The zero-order valence-corrected chi connectivity index (χ0v) is 19.8. The normalized spacial score (nSPS) is 19.5. The van der Waals surface area contributed by atoms with Gasteiger partial charge in [-0.25, -0.2) is 19.6 Å². The third kappa shape index (κ3) is 5.12. The molecule has 3 heterocycles. The molecule has 11 nitrogen and oxygen atoms in total. The van der Waals surface area contributed by atoms with Gasteiger partial charge in [0.2, 0.25) is 0 Å². The number of ether oxygens (including phenoxy) is 1. The van der Waals surface area contributed by atoms with Crippen LogP contribution in [-0.4, -0.2) is 71.0 Å². The molecule has 1 fully saturated rings. The molecule has 0 aliphatic carbocycles. The molecule has 1 aromatic carbocycles. The van der Waals surface area contributed by atoms with Gasteiger partial charge in [-0.2, -0.15) is 5.26 Å². The fourth-order valence-corrected chi connectivity index (χ4v) is 4.51. The Morgan fingerprint density at radius 2 is 2.03 bits per heavy atom. The van der Waals surface area contributed by atoms with E-state index in [2.05, 4.69) is 28.5 Å². The minimum Gasteiger partial charge on any atom is -0.465 e. The Morgan fingerprint density at radius 1 is 1.26 bits per heavy atom. The molecule has 184 valence electrons. The topological polar surface area (TPSA) is 144 Å². The number of hydrogen-bond donors (Lipinski definition) is 3. The van der Waals surface area contributed by atoms with E-state index in [0.717, 1.165) is 16.9 Å². The van der Waals surface area contributed by atoms with Crippen molar-refractivity contribution in [3.63, 3.8) is 0 Å². The molecule has 4 rings (SSSR count). The molecule has 0 radical (unpaired) electrons. The molecule has 11 heteroatoms. The second kappa shape index (κ2) is 10.6. The average Bonchev–Trinajstić information content (AvgIpc) is 2.84. The quantitative estimate of drug-likeness (QED) is 0.594. The van der Waals surface area contributed by atoms with Gasteiger partial charge in [0.15, 0.2) is 5.82 Å². The number of carbonyl (C=O) groups excluding carboxylic acids is 1. The largest absolute Gasteiger partial charge is 0.465 e. The number of nitrogens with one attached hydrogen (secondary N) is 2. The fourth-order valence-electron chi connectivity index (χ4n) is 4.51. The maximum atomic E-state index is 11.9. The lowest BCUT2D eigenvalue weighted by molar-refractivity contribution is 0.0981. The van der Waals surface area contributed by atoms with Crippen LogP contribution in [0.1, 0.15) is 37.6 Å². The van der Waals surface area contributed by atoms with Gasteiger partial charge in [-0.3, -0.25) is 4.90 Å². The van der Waals surface area contributed by atoms with Crippen LogP contribution in [0.3, 0.4) is 0 Å². The maximum Gasteiger partial charge on any atom is 0.407 e. The summed E-state index contributed by atoms with van der Waals surface area (Å²) in [5.41, 5.74) is 2.80. The number of morpholine rings is 1. The summed E-state index contributed by atoms with van der Waals surface area (Å²) < 4.78 is 5.61. The molecular weight excluding hydrogens is 450 g/mol. The molecular formula is C24H29N7O4. The number of urea groups is 1. The van der Waals surface area contributed by atoms with Gasteiger partial charge in [0.25, 0.3) is 0 Å². The van der Waals surface area contributed by atoms with Gasteiger partial charge in [-0.1, -0.05) is 0 Å². The fraction of sp³-hybridized carbons (Fsp3) is 0.458. The number of nitriles is 1. The van der Waals surface area contributed by atoms with E-state index in [1.807, 2.05) is 19.1 Å². The number of nitrogens with zero attached hydrogens (tertiary/aromatic N) is 5. The molecule has 1 saturated heterocycles. The van der Waals surface area contributed by atoms with Crippen LogP contribution in [0, 0.1) is 11.3 Å². The van der Waals surface area contributed by atoms with Crippen molar-refractivity contribution >= 4 is 23.6 Å². The second-order valence-corrected chi connectivity index (χ2v) is 8.52. The highest BCUT2D eigenvalue weighted by atomic mass is 16.5. The van der Waals surface area contributed by atoms with Crippen LogP contribution < -0.4 is 15.5 Å². The van der Waals surface area contributed by atoms with E-state index in [1.165, 1.54) is 4.90 Å². The van der Waals surface area contributed by atoms with Crippen LogP contribution in [0.4, 0.5) is 21.1 Å². The molecule has 0 saturated carbocycles. The first-order valence-electron chi connectivity index (χ1n) is 11.7. The maximum absolute atomic E-state index is 11.9. The zero-order chi connectivity index (χ0) is 24.9. The molecule has 3 amide bonds. The Kier molecular flexibility index (Phi) is 7.31. The summed E-state index contributed by atoms with van der Waals surface area (Å²) in [5, 5.41) is 24.7. The molecule has 2 aliphatic heterocycles. The van der Waals surface area contributed by atoms with Crippen molar-refractivity contribution in [1.29, 1.82) is 5.26 Å². The zero-order valence-electron chi connectivity index (χ0n) is 19.8. The Hall–Kier alpha value is -3.91. The van der Waals surface area contributed by atoms with Gasteiger partial charge in [0.05, 0.1) is 43.5 Å². The summed E-state index contributed by atoms with van der Waals surface area (Å²) in [6.45, 7) is 6.50. The van der Waals surface area contributed by atoms with Gasteiger partial charge in [-0.05, 0) is 44.5 Å². The summed E-state index contributed by atoms with van der Waals surface area (Å²) >= 11 is 0. The third-order valence-electron chi connectivity index (χ3n) is 6.22. The molecule has 35 heavy (non-hydrogen) atoms. The molecule has 2 aliphatic rings. The van der Waals surface area contributed by atoms with Crippen molar-refractivity contribution in [3.05, 3.63) is 35.5 Å². The number of benzene rings is 1. The van der Waals surface area contributed by atoms with E-state index < -0.39 is 12.1 Å². The summed E-state index contributed by atoms with van der Waals surface area (Å²) in [6, 6.07) is 8.40. The molecule has 2 aromatic rings. The van der Waals surface area contributed by atoms with Crippen LogP contribution >= 0.6 is 0 Å². The van der Waals surface area contributed by atoms with Crippen molar-refractivity contribution in [1.82, 2.24) is 20.2 Å². The lowest BCUT2D eigenvalue weighted by atomic mass is 9.95. The standard InChI is InChI=1S/C24H29N7O4/c1-3-26-23(32)27-17-6-4-16(5-7-17)21-28-20-18(9-11-31(24(33)34)19(20)8-10-25)22(29-21)30-12-13-35-14-15(30)2/h4-7,15,19H,3,8-9,11-14H2,1-2H3,(H,33,34)(H2,26,27,32)/t15-,19?/m0/s1. The summed E-state index contributed by atoms with van der Waals surface area (Å²) in [5.74, 6) is 1.20. The predicted molar refractivity (Wildman–Crippen MR) is 129 cm³/mol. The van der Waals surface area contributed by atoms with Crippen LogP contribution in [-0.2, 0) is 11.2 Å². The highest BCUT2D eigenvalue weighted by Gasteiger charge is 2.36. The lowest BCUT2D eigenvalue weighted by Gasteiger charge is -2.39. The number of anilines is 2. The van der Waals surface area contributed by atoms with Crippen molar-refractivity contribution in [2.24, 2.45) is 0 Å². The number of carboxylic acid groups (broad SMARTS) is 1. The van der Waals surface area contributed by atoms with Crippen LogP contribution in [0.5, 0.6) is 0 Å². The van der Waals surface area contributed by atoms with E-state index in [1.54, 1.807) is 12.1 Å². The Balaban J connectivity index is 1.78. The number of aromatic nitrogens is 2. The number of fused-ring (bicyclic) bond motifs is 1. The Bertz CT molecular complexity index is 1130. The van der Waals surface area contributed by atoms with Crippen molar-refractivity contribution < 1.29 is 19.4 Å². The highest BCUT2D eigenvalue weighted by molar-refractivity contribution is 5.89. The summed E-state index contributed by atoms with van der Waals surface area (Å²) in [4.78, 5) is 36.9. The SMILES string of the molecule is CCNC(=O)Nc1ccc(-c2nc3c(c(N4CCOC[C@@H]4C)n2)CCN(C(=O)O)C3CC#N)cc1. The van der Waals surface area contributed by atoms with Crippen molar-refractivity contribution in [2.75, 3.05) is 43.1 Å². The summed E-state index contributed by atoms with van der Waals surface area (Å²) in [7, 11) is 0. The Morgan fingerprint density at radius 3 is 2.69 bits per heavy atom. The first-order chi connectivity index (χ1) is 16.9. The van der Waals surface area contributed by atoms with Gasteiger partial charge in [-0.15, -0.1) is 0 Å². The Labute approximate surface area is 203 Å². The second-order valence-electron chi connectivity index (χ2n) is 8.52. The van der Waals surface area contributed by atoms with E-state index in [-0.39, 0.29) is 25.0 Å². The first kappa shape index (κ1) is 24.2. The van der Waals surface area contributed by atoms with E-state index in [4.69, 9.17) is 14.7 Å². The highest BCUT2D eigenvalue weighted by Crippen LogP contribution is 2.37. The van der Waals surface area contributed by atoms with Crippen LogP contribution in [0.2, 0.25) is 0 Å². The minimum atomic E-state index is -1.07. The van der Waals surface area contributed by atoms with Gasteiger partial charge >= 0.3 is 12.1 Å². The molecule has 0 spiro atoms. The number of amides is 3. The number of rotatable bonds is 5. The van der Waals surface area contributed by atoms with Gasteiger partial charge in [0, 0.05) is 36.4 Å². The van der Waals surface area contributed by atoms with E-state index in [0.29, 0.717) is 49.9 Å². The van der Waals surface area contributed by atoms with Gasteiger partial charge in [0.1, 0.15) is 5.82 Å². The lowest BCUT2D eigenvalue weighted by Crippen LogP contribution is -2.46. The third-order valence-corrected chi connectivity index (χ3v) is 6.22. The first-order valence-corrected chi connectivity index (χ1v) is 11.7. The van der Waals surface area contributed by atoms with Crippen LogP contribution in [0.25, 0.3) is 11.4 Å². The van der Waals surface area contributed by atoms with E-state index in [9.17, 15) is 20.0 Å². The molecule has 0 bridgehead atoms. The smallest absolute Gasteiger partial charge is 0.407 e. The molecule has 1 aromatic heterocycles.